The van der Waals surface area contributed by atoms with Crippen LogP contribution >= 0.6 is 0 Å². The molecule has 0 aliphatic rings. The molecule has 1 heteroatoms. The van der Waals surface area contributed by atoms with E-state index in [9.17, 15) is 0 Å². The van der Waals surface area contributed by atoms with Crippen molar-refractivity contribution in [2.24, 2.45) is 0 Å². The lowest BCUT2D eigenvalue weighted by Gasteiger charge is -1.99. The van der Waals surface area contributed by atoms with Gasteiger partial charge in [0.1, 0.15) is 6.61 Å². The first-order chi connectivity index (χ1) is 3.81. The Labute approximate surface area is 50.7 Å². The standard InChI is InChI=1S/C7H12O/c1-4-6-8-7(3)5-2/h4-5H,1,6H2,2-3H3/b7-5+. The molecule has 0 bridgehead atoms. The summed E-state index contributed by atoms with van der Waals surface area (Å²) in [5, 5.41) is 0. The van der Waals surface area contributed by atoms with Gasteiger partial charge in [-0.1, -0.05) is 12.7 Å². The Bertz CT molecular complexity index is 92.6. The minimum absolute atomic E-state index is 0.607. The molecule has 0 aliphatic carbocycles. The van der Waals surface area contributed by atoms with Crippen molar-refractivity contribution in [1.82, 2.24) is 0 Å². The molecular formula is C7H12O. The molecule has 0 N–H and O–H groups in total. The van der Waals surface area contributed by atoms with Crippen molar-refractivity contribution in [3.8, 4) is 0 Å². The van der Waals surface area contributed by atoms with E-state index in [0.717, 1.165) is 5.76 Å². The summed E-state index contributed by atoms with van der Waals surface area (Å²) in [6.45, 7) is 7.99. The second kappa shape index (κ2) is 4.44. The summed E-state index contributed by atoms with van der Waals surface area (Å²) in [4.78, 5) is 0. The topological polar surface area (TPSA) is 9.23 Å². The van der Waals surface area contributed by atoms with E-state index < -0.39 is 0 Å². The smallest absolute Gasteiger partial charge is 0.106 e. The van der Waals surface area contributed by atoms with E-state index in [-0.39, 0.29) is 0 Å². The molecular weight excluding hydrogens is 100 g/mol. The van der Waals surface area contributed by atoms with E-state index in [1.807, 2.05) is 19.9 Å². The molecule has 0 spiro atoms. The normalized spacial score (nSPS) is 11.0. The Kier molecular flexibility index (Phi) is 4.04. The van der Waals surface area contributed by atoms with Gasteiger partial charge in [-0.3, -0.25) is 0 Å². The SMILES string of the molecule is C=CCO/C(C)=C/C. The molecule has 0 saturated heterocycles. The maximum absolute atomic E-state index is 5.08. The molecule has 0 radical (unpaired) electrons. The van der Waals surface area contributed by atoms with Crippen molar-refractivity contribution in [3.63, 3.8) is 0 Å². The van der Waals surface area contributed by atoms with Gasteiger partial charge in [-0.25, -0.2) is 0 Å². The Hall–Kier alpha value is -0.720. The highest BCUT2D eigenvalue weighted by Crippen LogP contribution is 1.92. The van der Waals surface area contributed by atoms with Crippen LogP contribution < -0.4 is 0 Å². The first-order valence-electron chi connectivity index (χ1n) is 2.68. The average Bonchev–Trinajstić information content (AvgIpc) is 1.83. The second-order valence-electron chi connectivity index (χ2n) is 1.50. The van der Waals surface area contributed by atoms with Gasteiger partial charge in [-0.05, 0) is 19.9 Å². The van der Waals surface area contributed by atoms with Crippen molar-refractivity contribution >= 4 is 0 Å². The summed E-state index contributed by atoms with van der Waals surface area (Å²) in [5.41, 5.74) is 0. The Morgan fingerprint density at radius 3 is 2.75 bits per heavy atom. The number of ether oxygens (including phenoxy) is 1. The Morgan fingerprint density at radius 1 is 1.75 bits per heavy atom. The molecule has 0 aliphatic heterocycles. The van der Waals surface area contributed by atoms with Gasteiger partial charge in [0, 0.05) is 0 Å². The van der Waals surface area contributed by atoms with Crippen LogP contribution in [0.5, 0.6) is 0 Å². The zero-order valence-corrected chi connectivity index (χ0v) is 5.48. The highest BCUT2D eigenvalue weighted by atomic mass is 16.5. The predicted molar refractivity (Wildman–Crippen MR) is 35.6 cm³/mol. The molecule has 46 valence electrons. The van der Waals surface area contributed by atoms with Crippen LogP contribution in [0.15, 0.2) is 24.5 Å². The summed E-state index contributed by atoms with van der Waals surface area (Å²) >= 11 is 0. The summed E-state index contributed by atoms with van der Waals surface area (Å²) < 4.78 is 5.08. The lowest BCUT2D eigenvalue weighted by Crippen LogP contribution is -1.85. The van der Waals surface area contributed by atoms with Crippen molar-refractivity contribution in [3.05, 3.63) is 24.5 Å². The fourth-order valence-electron chi connectivity index (χ4n) is 0.274. The maximum atomic E-state index is 5.08. The predicted octanol–water partition coefficient (Wildman–Crippen LogP) is 2.11. The fraction of sp³-hybridized carbons (Fsp3) is 0.429. The monoisotopic (exact) mass is 112 g/mol. The zero-order valence-electron chi connectivity index (χ0n) is 5.48. The molecule has 0 atom stereocenters. The Morgan fingerprint density at radius 2 is 2.38 bits per heavy atom. The highest BCUT2D eigenvalue weighted by Gasteiger charge is 1.79. The van der Waals surface area contributed by atoms with Crippen LogP contribution in [0, 0.1) is 0 Å². The number of rotatable bonds is 3. The van der Waals surface area contributed by atoms with Gasteiger partial charge in [-0.15, -0.1) is 0 Å². The van der Waals surface area contributed by atoms with Crippen molar-refractivity contribution in [1.29, 1.82) is 0 Å². The van der Waals surface area contributed by atoms with Crippen LogP contribution in [0.2, 0.25) is 0 Å². The molecule has 0 fully saturated rings. The fourth-order valence-corrected chi connectivity index (χ4v) is 0.274. The van der Waals surface area contributed by atoms with Crippen LogP contribution in [0.25, 0.3) is 0 Å². The molecule has 0 amide bonds. The van der Waals surface area contributed by atoms with E-state index in [4.69, 9.17) is 4.74 Å². The van der Waals surface area contributed by atoms with Gasteiger partial charge in [0.05, 0.1) is 5.76 Å². The van der Waals surface area contributed by atoms with E-state index in [1.165, 1.54) is 0 Å². The number of hydrogen-bond donors (Lipinski definition) is 0. The largest absolute Gasteiger partial charge is 0.495 e. The van der Waals surface area contributed by atoms with Crippen LogP contribution in [0.1, 0.15) is 13.8 Å². The van der Waals surface area contributed by atoms with Crippen molar-refractivity contribution in [2.45, 2.75) is 13.8 Å². The van der Waals surface area contributed by atoms with Gasteiger partial charge < -0.3 is 4.74 Å². The maximum Gasteiger partial charge on any atom is 0.106 e. The first kappa shape index (κ1) is 7.28. The third-order valence-corrected chi connectivity index (χ3v) is 0.835. The first-order valence-corrected chi connectivity index (χ1v) is 2.68. The van der Waals surface area contributed by atoms with E-state index in [1.54, 1.807) is 6.08 Å². The molecule has 8 heavy (non-hydrogen) atoms. The number of allylic oxidation sites excluding steroid dienone is 2. The third kappa shape index (κ3) is 3.47. The van der Waals surface area contributed by atoms with Gasteiger partial charge in [-0.2, -0.15) is 0 Å². The average molecular weight is 112 g/mol. The van der Waals surface area contributed by atoms with Crippen LogP contribution in [0.3, 0.4) is 0 Å². The quantitative estimate of drug-likeness (QED) is 0.401. The molecule has 0 saturated carbocycles. The van der Waals surface area contributed by atoms with Crippen molar-refractivity contribution < 1.29 is 4.74 Å². The minimum atomic E-state index is 0.607. The second-order valence-corrected chi connectivity index (χ2v) is 1.50. The van der Waals surface area contributed by atoms with Crippen LogP contribution in [-0.2, 0) is 4.74 Å². The van der Waals surface area contributed by atoms with Gasteiger partial charge in [0.25, 0.3) is 0 Å². The number of hydrogen-bond acceptors (Lipinski definition) is 1. The lowest BCUT2D eigenvalue weighted by molar-refractivity contribution is 0.249. The third-order valence-electron chi connectivity index (χ3n) is 0.835. The molecule has 0 aromatic heterocycles. The zero-order chi connectivity index (χ0) is 6.41. The van der Waals surface area contributed by atoms with Crippen LogP contribution in [0.4, 0.5) is 0 Å². The summed E-state index contributed by atoms with van der Waals surface area (Å²) in [6.07, 6.45) is 3.65. The minimum Gasteiger partial charge on any atom is -0.495 e. The van der Waals surface area contributed by atoms with Crippen LogP contribution in [-0.4, -0.2) is 6.61 Å². The highest BCUT2D eigenvalue weighted by molar-refractivity contribution is 4.85. The molecule has 0 rings (SSSR count). The molecule has 0 unspecified atom stereocenters. The summed E-state index contributed by atoms with van der Waals surface area (Å²) in [5.74, 6) is 0.949. The summed E-state index contributed by atoms with van der Waals surface area (Å²) in [7, 11) is 0. The molecule has 1 nitrogen and oxygen atoms in total. The van der Waals surface area contributed by atoms with E-state index in [2.05, 4.69) is 6.58 Å². The Balaban J connectivity index is 3.24. The van der Waals surface area contributed by atoms with Gasteiger partial charge in [0.15, 0.2) is 0 Å². The van der Waals surface area contributed by atoms with Gasteiger partial charge in [0.2, 0.25) is 0 Å². The lowest BCUT2D eigenvalue weighted by atomic mass is 10.5. The van der Waals surface area contributed by atoms with E-state index >= 15 is 0 Å². The summed E-state index contributed by atoms with van der Waals surface area (Å²) in [6, 6.07) is 0. The van der Waals surface area contributed by atoms with Crippen molar-refractivity contribution in [2.75, 3.05) is 6.61 Å². The molecule has 0 heterocycles. The van der Waals surface area contributed by atoms with E-state index in [0.29, 0.717) is 6.61 Å². The molecule has 0 aromatic carbocycles. The van der Waals surface area contributed by atoms with Gasteiger partial charge >= 0.3 is 0 Å². The molecule has 0 aromatic rings.